The average molecular weight is 368 g/mol. The third-order valence-electron chi connectivity index (χ3n) is 3.77. The molecule has 0 aliphatic carbocycles. The van der Waals surface area contributed by atoms with Crippen LogP contribution in [-0.2, 0) is 29.1 Å². The van der Waals surface area contributed by atoms with Gasteiger partial charge in [0.1, 0.15) is 6.54 Å². The van der Waals surface area contributed by atoms with Crippen LogP contribution in [0.25, 0.3) is 0 Å². The van der Waals surface area contributed by atoms with Crippen molar-refractivity contribution in [2.45, 2.75) is 31.6 Å². The van der Waals surface area contributed by atoms with Crippen molar-refractivity contribution in [3.05, 3.63) is 29.3 Å². The third-order valence-corrected chi connectivity index (χ3v) is 5.31. The van der Waals surface area contributed by atoms with E-state index in [1.807, 2.05) is 0 Å². The standard InChI is InChI=1S/C16H20N2O6S/c1-11-5-6-12(2)13(8-11)25(22,23)17-9-16(21)24-10-15(20)18-7-3-4-14(18)19/h5-6,8,17H,3-4,7,9-10H2,1-2H3. The van der Waals surface area contributed by atoms with Gasteiger partial charge in [-0.1, -0.05) is 12.1 Å². The molecule has 1 fully saturated rings. The SMILES string of the molecule is Cc1ccc(C)c(S(=O)(=O)NCC(=O)OCC(=O)N2CCCC2=O)c1. The van der Waals surface area contributed by atoms with Crippen molar-refractivity contribution in [2.24, 2.45) is 0 Å². The number of carbonyl (C=O) groups is 3. The van der Waals surface area contributed by atoms with Gasteiger partial charge in [0.2, 0.25) is 15.9 Å². The van der Waals surface area contributed by atoms with E-state index in [9.17, 15) is 22.8 Å². The van der Waals surface area contributed by atoms with Crippen LogP contribution in [0.15, 0.2) is 23.1 Å². The minimum atomic E-state index is -3.87. The number of carbonyl (C=O) groups excluding carboxylic acids is 3. The molecule has 136 valence electrons. The van der Waals surface area contributed by atoms with Crippen molar-refractivity contribution in [1.29, 1.82) is 0 Å². The molecule has 1 aliphatic heterocycles. The number of rotatable bonds is 6. The van der Waals surface area contributed by atoms with Crippen LogP contribution in [0.4, 0.5) is 0 Å². The average Bonchev–Trinajstić information content (AvgIpc) is 2.99. The summed E-state index contributed by atoms with van der Waals surface area (Å²) in [6.45, 7) is 2.54. The summed E-state index contributed by atoms with van der Waals surface area (Å²) in [6.07, 6.45) is 0.892. The summed E-state index contributed by atoms with van der Waals surface area (Å²) < 4.78 is 31.4. The van der Waals surface area contributed by atoms with Crippen molar-refractivity contribution >= 4 is 27.8 Å². The normalized spacial score (nSPS) is 14.6. The smallest absolute Gasteiger partial charge is 0.321 e. The van der Waals surface area contributed by atoms with E-state index in [4.69, 9.17) is 4.74 Å². The lowest BCUT2D eigenvalue weighted by molar-refractivity contribution is -0.153. The van der Waals surface area contributed by atoms with Crippen LogP contribution in [0.5, 0.6) is 0 Å². The summed E-state index contributed by atoms with van der Waals surface area (Å²) in [5.74, 6) is -1.79. The molecule has 1 aliphatic rings. The zero-order valence-electron chi connectivity index (χ0n) is 14.1. The molecular weight excluding hydrogens is 348 g/mol. The number of aryl methyl sites for hydroxylation is 2. The molecule has 8 nitrogen and oxygen atoms in total. The highest BCUT2D eigenvalue weighted by atomic mass is 32.2. The Kier molecular flexibility index (Phi) is 5.91. The summed E-state index contributed by atoms with van der Waals surface area (Å²) in [5.41, 5.74) is 1.32. The van der Waals surface area contributed by atoms with Crippen LogP contribution in [0.2, 0.25) is 0 Å². The van der Waals surface area contributed by atoms with Crippen LogP contribution in [0.3, 0.4) is 0 Å². The van der Waals surface area contributed by atoms with Crippen LogP contribution in [-0.4, -0.2) is 50.8 Å². The lowest BCUT2D eigenvalue weighted by atomic mass is 10.2. The molecule has 1 aromatic rings. The molecule has 0 saturated carbocycles. The Hall–Kier alpha value is -2.26. The Labute approximate surface area is 146 Å². The second kappa shape index (κ2) is 7.75. The highest BCUT2D eigenvalue weighted by molar-refractivity contribution is 7.89. The molecule has 9 heteroatoms. The Bertz CT molecular complexity index is 803. The summed E-state index contributed by atoms with van der Waals surface area (Å²) in [4.78, 5) is 35.9. The number of likely N-dealkylation sites (tertiary alicyclic amines) is 1. The van der Waals surface area contributed by atoms with E-state index >= 15 is 0 Å². The van der Waals surface area contributed by atoms with Crippen molar-refractivity contribution in [3.8, 4) is 0 Å². The molecule has 1 N–H and O–H groups in total. The van der Waals surface area contributed by atoms with Crippen LogP contribution < -0.4 is 4.72 Å². The maximum absolute atomic E-state index is 12.3. The Morgan fingerprint density at radius 3 is 2.64 bits per heavy atom. The first kappa shape index (κ1) is 19.1. The van der Waals surface area contributed by atoms with Gasteiger partial charge < -0.3 is 4.74 Å². The van der Waals surface area contributed by atoms with Gasteiger partial charge in [0.05, 0.1) is 4.90 Å². The van der Waals surface area contributed by atoms with Gasteiger partial charge in [0, 0.05) is 13.0 Å². The van der Waals surface area contributed by atoms with Crippen molar-refractivity contribution in [2.75, 3.05) is 19.7 Å². The summed E-state index contributed by atoms with van der Waals surface area (Å²) in [7, 11) is -3.87. The van der Waals surface area contributed by atoms with Gasteiger partial charge in [-0.15, -0.1) is 0 Å². The number of hydrogen-bond donors (Lipinski definition) is 1. The molecule has 0 aromatic heterocycles. The predicted octanol–water partition coefficient (Wildman–Crippen LogP) is 0.274. The monoisotopic (exact) mass is 368 g/mol. The zero-order valence-corrected chi connectivity index (χ0v) is 14.9. The molecular formula is C16H20N2O6S. The fourth-order valence-corrected chi connectivity index (χ4v) is 3.71. The summed E-state index contributed by atoms with van der Waals surface area (Å²) in [5, 5.41) is 0. The molecule has 2 rings (SSSR count). The Morgan fingerprint density at radius 2 is 2.00 bits per heavy atom. The Balaban J connectivity index is 1.87. The zero-order chi connectivity index (χ0) is 18.6. The number of amides is 2. The number of imide groups is 1. The van der Waals surface area contributed by atoms with Gasteiger partial charge in [-0.25, -0.2) is 8.42 Å². The predicted molar refractivity (Wildman–Crippen MR) is 88.0 cm³/mol. The number of nitrogens with zero attached hydrogens (tertiary/aromatic N) is 1. The van der Waals surface area contributed by atoms with E-state index in [0.29, 0.717) is 24.9 Å². The molecule has 0 spiro atoms. The highest BCUT2D eigenvalue weighted by Crippen LogP contribution is 2.16. The van der Waals surface area contributed by atoms with Gasteiger partial charge in [0.15, 0.2) is 6.61 Å². The molecule has 1 aromatic carbocycles. The van der Waals surface area contributed by atoms with Crippen molar-refractivity contribution < 1.29 is 27.5 Å². The van der Waals surface area contributed by atoms with Gasteiger partial charge in [-0.2, -0.15) is 4.72 Å². The number of sulfonamides is 1. The first-order chi connectivity index (χ1) is 11.7. The van der Waals surface area contributed by atoms with Crippen LogP contribution in [0, 0.1) is 13.8 Å². The minimum Gasteiger partial charge on any atom is -0.455 e. The molecule has 0 radical (unpaired) electrons. The second-order valence-corrected chi connectivity index (χ2v) is 7.53. The van der Waals surface area contributed by atoms with Gasteiger partial charge in [-0.3, -0.25) is 19.3 Å². The van der Waals surface area contributed by atoms with Crippen molar-refractivity contribution in [3.63, 3.8) is 0 Å². The van der Waals surface area contributed by atoms with E-state index in [2.05, 4.69) is 4.72 Å². The fourth-order valence-electron chi connectivity index (χ4n) is 2.41. The summed E-state index contributed by atoms with van der Waals surface area (Å²) >= 11 is 0. The largest absolute Gasteiger partial charge is 0.455 e. The molecule has 1 heterocycles. The lowest BCUT2D eigenvalue weighted by Crippen LogP contribution is -2.37. The molecule has 0 bridgehead atoms. The first-order valence-electron chi connectivity index (χ1n) is 7.76. The van der Waals surface area contributed by atoms with Crippen LogP contribution in [0.1, 0.15) is 24.0 Å². The Morgan fingerprint density at radius 1 is 1.28 bits per heavy atom. The van der Waals surface area contributed by atoms with E-state index < -0.39 is 35.1 Å². The maximum Gasteiger partial charge on any atom is 0.321 e. The molecule has 2 amide bonds. The highest BCUT2D eigenvalue weighted by Gasteiger charge is 2.27. The second-order valence-electron chi connectivity index (χ2n) is 5.80. The quantitative estimate of drug-likeness (QED) is 0.722. The van der Waals surface area contributed by atoms with E-state index in [1.54, 1.807) is 26.0 Å². The fraction of sp³-hybridized carbons (Fsp3) is 0.438. The molecule has 0 unspecified atom stereocenters. The molecule has 25 heavy (non-hydrogen) atoms. The summed E-state index contributed by atoms with van der Waals surface area (Å²) in [6, 6.07) is 4.97. The first-order valence-corrected chi connectivity index (χ1v) is 9.25. The maximum atomic E-state index is 12.3. The number of esters is 1. The van der Waals surface area contributed by atoms with E-state index in [1.165, 1.54) is 6.07 Å². The topological polar surface area (TPSA) is 110 Å². The lowest BCUT2D eigenvalue weighted by Gasteiger charge is -2.13. The number of benzene rings is 1. The van der Waals surface area contributed by atoms with E-state index in [-0.39, 0.29) is 10.8 Å². The number of ether oxygens (including phenoxy) is 1. The van der Waals surface area contributed by atoms with Gasteiger partial charge in [-0.05, 0) is 37.5 Å². The third kappa shape index (κ3) is 4.86. The molecule has 1 saturated heterocycles. The van der Waals surface area contributed by atoms with Gasteiger partial charge in [0.25, 0.3) is 5.91 Å². The minimum absolute atomic E-state index is 0.0824. The van der Waals surface area contributed by atoms with Crippen LogP contribution >= 0.6 is 0 Å². The number of hydrogen-bond acceptors (Lipinski definition) is 6. The van der Waals surface area contributed by atoms with Gasteiger partial charge >= 0.3 is 5.97 Å². The van der Waals surface area contributed by atoms with Crippen molar-refractivity contribution in [1.82, 2.24) is 9.62 Å². The van der Waals surface area contributed by atoms with E-state index in [0.717, 1.165) is 10.5 Å². The number of nitrogens with one attached hydrogen (secondary N) is 1. The molecule has 0 atom stereocenters.